The Bertz CT molecular complexity index is 479. The molecule has 0 aliphatic carbocycles. The summed E-state index contributed by atoms with van der Waals surface area (Å²) in [6, 6.07) is 1.93. The van der Waals surface area contributed by atoms with E-state index >= 15 is 0 Å². The van der Waals surface area contributed by atoms with E-state index in [4.69, 9.17) is 5.11 Å². The molecule has 0 amide bonds. The number of hydrogen-bond acceptors (Lipinski definition) is 4. The molecule has 19 heavy (non-hydrogen) atoms. The Morgan fingerprint density at radius 1 is 1.63 bits per heavy atom. The summed E-state index contributed by atoms with van der Waals surface area (Å²) in [6.45, 7) is 4.30. The second-order valence-electron chi connectivity index (χ2n) is 5.28. The van der Waals surface area contributed by atoms with E-state index in [1.807, 2.05) is 18.4 Å². The summed E-state index contributed by atoms with van der Waals surface area (Å²) in [7, 11) is 0. The monoisotopic (exact) mass is 281 g/mol. The van der Waals surface area contributed by atoms with Crippen LogP contribution >= 0.6 is 11.3 Å². The Morgan fingerprint density at radius 2 is 2.42 bits per heavy atom. The molecule has 104 valence electrons. The number of carboxylic acids is 1. The fourth-order valence-corrected chi connectivity index (χ4v) is 3.36. The predicted octanol–water partition coefficient (Wildman–Crippen LogP) is 2.19. The van der Waals surface area contributed by atoms with Crippen LogP contribution in [0.15, 0.2) is 17.5 Å². The van der Waals surface area contributed by atoms with Crippen LogP contribution in [0.1, 0.15) is 30.2 Å². The van der Waals surface area contributed by atoms with Crippen LogP contribution in [0.3, 0.4) is 0 Å². The average molecular weight is 281 g/mol. The molecule has 2 N–H and O–H groups in total. The summed E-state index contributed by atoms with van der Waals surface area (Å²) in [4.78, 5) is 13.9. The molecule has 1 fully saturated rings. The van der Waals surface area contributed by atoms with E-state index in [1.54, 1.807) is 17.4 Å². The highest BCUT2D eigenvalue weighted by atomic mass is 32.1. The number of nitrogens with zero attached hydrogens (tertiary/aromatic N) is 1. The van der Waals surface area contributed by atoms with E-state index in [9.17, 15) is 9.90 Å². The maximum absolute atomic E-state index is 10.6. The number of aliphatic hydroxyl groups is 1. The zero-order chi connectivity index (χ0) is 13.9. The van der Waals surface area contributed by atoms with Gasteiger partial charge < -0.3 is 10.2 Å². The molecule has 5 heteroatoms. The molecular formula is C14H19NO3S. The van der Waals surface area contributed by atoms with Gasteiger partial charge in [-0.25, -0.2) is 4.79 Å². The molecule has 2 rings (SSSR count). The summed E-state index contributed by atoms with van der Waals surface area (Å²) in [6.07, 6.45) is 4.65. The molecule has 4 nitrogen and oxygen atoms in total. The van der Waals surface area contributed by atoms with Crippen LogP contribution in [0, 0.1) is 0 Å². The summed E-state index contributed by atoms with van der Waals surface area (Å²) in [5.74, 6) is -0.932. The summed E-state index contributed by atoms with van der Waals surface area (Å²) >= 11 is 1.63. The predicted molar refractivity (Wildman–Crippen MR) is 76.1 cm³/mol. The minimum Gasteiger partial charge on any atom is -0.478 e. The molecule has 1 aliphatic heterocycles. The molecule has 0 radical (unpaired) electrons. The van der Waals surface area contributed by atoms with Crippen molar-refractivity contribution in [3.63, 3.8) is 0 Å². The van der Waals surface area contributed by atoms with Gasteiger partial charge in [0.1, 0.15) is 0 Å². The molecule has 0 aromatic carbocycles. The van der Waals surface area contributed by atoms with E-state index in [0.29, 0.717) is 6.54 Å². The fraction of sp³-hybridized carbons (Fsp3) is 0.500. The third-order valence-electron chi connectivity index (χ3n) is 3.31. The maximum Gasteiger partial charge on any atom is 0.328 e. The van der Waals surface area contributed by atoms with Crippen LogP contribution in [0.5, 0.6) is 0 Å². The number of β-amino-alcohol motifs (C(OH)–C–C–N with tert-alkyl or cyclic N) is 1. The largest absolute Gasteiger partial charge is 0.478 e. The van der Waals surface area contributed by atoms with E-state index < -0.39 is 11.6 Å². The Balaban J connectivity index is 2.03. The third-order valence-corrected chi connectivity index (χ3v) is 4.23. The van der Waals surface area contributed by atoms with Gasteiger partial charge in [-0.3, -0.25) is 4.90 Å². The van der Waals surface area contributed by atoms with Gasteiger partial charge in [-0.1, -0.05) is 0 Å². The second-order valence-corrected chi connectivity index (χ2v) is 6.28. The lowest BCUT2D eigenvalue weighted by Gasteiger charge is -2.36. The van der Waals surface area contributed by atoms with Crippen molar-refractivity contribution in [2.45, 2.75) is 31.9 Å². The SMILES string of the molecule is CC1(O)CCCN(Cc2sccc2/C=C/C(=O)O)C1. The van der Waals surface area contributed by atoms with Crippen molar-refractivity contribution in [3.8, 4) is 0 Å². The third kappa shape index (κ3) is 4.16. The number of carbonyl (C=O) groups is 1. The van der Waals surface area contributed by atoms with Crippen LogP contribution in [-0.2, 0) is 11.3 Å². The van der Waals surface area contributed by atoms with Crippen molar-refractivity contribution >= 4 is 23.4 Å². The van der Waals surface area contributed by atoms with Crippen molar-refractivity contribution in [1.82, 2.24) is 4.90 Å². The van der Waals surface area contributed by atoms with E-state index in [0.717, 1.165) is 42.4 Å². The molecule has 1 aliphatic rings. The molecule has 1 aromatic heterocycles. The summed E-state index contributed by atoms with van der Waals surface area (Å²) in [5.41, 5.74) is 0.352. The number of piperidine rings is 1. The highest BCUT2D eigenvalue weighted by molar-refractivity contribution is 7.10. The van der Waals surface area contributed by atoms with Crippen LogP contribution in [0.4, 0.5) is 0 Å². The van der Waals surface area contributed by atoms with Crippen molar-refractivity contribution in [2.75, 3.05) is 13.1 Å². The normalized spacial score (nSPS) is 24.9. The summed E-state index contributed by atoms with van der Waals surface area (Å²) in [5, 5.41) is 20.7. The van der Waals surface area contributed by atoms with E-state index in [1.165, 1.54) is 0 Å². The maximum atomic E-state index is 10.6. The van der Waals surface area contributed by atoms with Crippen LogP contribution in [0.2, 0.25) is 0 Å². The number of rotatable bonds is 4. The lowest BCUT2D eigenvalue weighted by molar-refractivity contribution is -0.131. The number of likely N-dealkylation sites (tertiary alicyclic amines) is 1. The van der Waals surface area contributed by atoms with Gasteiger partial charge >= 0.3 is 5.97 Å². The Hall–Kier alpha value is -1.17. The molecule has 1 unspecified atom stereocenters. The standard InChI is InChI=1S/C14H19NO3S/c1-14(18)6-2-7-15(10-14)9-12-11(5-8-19-12)3-4-13(16)17/h3-5,8,18H,2,6-7,9-10H2,1H3,(H,16,17)/b4-3+. The minimum absolute atomic E-state index is 0.605. The van der Waals surface area contributed by atoms with E-state index in [2.05, 4.69) is 4.90 Å². The molecule has 0 spiro atoms. The highest BCUT2D eigenvalue weighted by Crippen LogP contribution is 2.25. The molecular weight excluding hydrogens is 262 g/mol. The van der Waals surface area contributed by atoms with Crippen molar-refractivity contribution in [1.29, 1.82) is 0 Å². The minimum atomic E-state index is -0.932. The van der Waals surface area contributed by atoms with Crippen LogP contribution in [-0.4, -0.2) is 39.8 Å². The first-order chi connectivity index (χ1) is 8.96. The van der Waals surface area contributed by atoms with Gasteiger partial charge in [-0.05, 0) is 49.4 Å². The summed E-state index contributed by atoms with van der Waals surface area (Å²) < 4.78 is 0. The molecule has 1 saturated heterocycles. The fourth-order valence-electron chi connectivity index (χ4n) is 2.45. The zero-order valence-electron chi connectivity index (χ0n) is 11.0. The number of carboxylic acid groups (broad SMARTS) is 1. The van der Waals surface area contributed by atoms with Gasteiger partial charge in [0.15, 0.2) is 0 Å². The van der Waals surface area contributed by atoms with Crippen LogP contribution < -0.4 is 0 Å². The lowest BCUT2D eigenvalue weighted by atomic mass is 9.95. The van der Waals surface area contributed by atoms with Crippen molar-refractivity contribution < 1.29 is 15.0 Å². The second kappa shape index (κ2) is 5.86. The van der Waals surface area contributed by atoms with Gasteiger partial charge in [-0.2, -0.15) is 0 Å². The van der Waals surface area contributed by atoms with Gasteiger partial charge in [0, 0.05) is 24.0 Å². The molecule has 1 aromatic rings. The Morgan fingerprint density at radius 3 is 3.11 bits per heavy atom. The average Bonchev–Trinajstić information content (AvgIpc) is 2.72. The first-order valence-corrected chi connectivity index (χ1v) is 7.26. The molecule has 2 heterocycles. The molecule has 0 bridgehead atoms. The smallest absolute Gasteiger partial charge is 0.328 e. The van der Waals surface area contributed by atoms with Crippen LogP contribution in [0.25, 0.3) is 6.08 Å². The lowest BCUT2D eigenvalue weighted by Crippen LogP contribution is -2.45. The number of hydrogen-bond donors (Lipinski definition) is 2. The number of aliphatic carboxylic acids is 1. The quantitative estimate of drug-likeness (QED) is 0.831. The van der Waals surface area contributed by atoms with Gasteiger partial charge in [0.05, 0.1) is 5.60 Å². The number of thiophene rings is 1. The van der Waals surface area contributed by atoms with Gasteiger partial charge in [0.25, 0.3) is 0 Å². The first kappa shape index (κ1) is 14.2. The molecule has 0 saturated carbocycles. The highest BCUT2D eigenvalue weighted by Gasteiger charge is 2.28. The van der Waals surface area contributed by atoms with E-state index in [-0.39, 0.29) is 0 Å². The Kier molecular flexibility index (Phi) is 4.39. The van der Waals surface area contributed by atoms with Gasteiger partial charge in [-0.15, -0.1) is 11.3 Å². The zero-order valence-corrected chi connectivity index (χ0v) is 11.8. The molecule has 1 atom stereocenters. The first-order valence-electron chi connectivity index (χ1n) is 6.38. The van der Waals surface area contributed by atoms with Crippen molar-refractivity contribution in [3.05, 3.63) is 28.0 Å². The Labute approximate surface area is 117 Å². The topological polar surface area (TPSA) is 60.8 Å². The van der Waals surface area contributed by atoms with Gasteiger partial charge in [0.2, 0.25) is 0 Å². The van der Waals surface area contributed by atoms with Crippen molar-refractivity contribution in [2.24, 2.45) is 0 Å².